The molecule has 1 amide bonds. The number of anilines is 1. The monoisotopic (exact) mass is 413 g/mol. The molecule has 1 atom stereocenters. The number of hydrogen-bond acceptors (Lipinski definition) is 5. The minimum atomic E-state index is -0.0384. The molecular formula is C21H20ClN3O2S. The molecule has 1 aromatic heterocycles. The third kappa shape index (κ3) is 4.03. The fraction of sp³-hybridized carbons (Fsp3) is 0.238. The van der Waals surface area contributed by atoms with Gasteiger partial charge in [0.05, 0.1) is 11.3 Å². The average Bonchev–Trinajstić information content (AvgIpc) is 3.05. The van der Waals surface area contributed by atoms with Crippen molar-refractivity contribution < 1.29 is 9.90 Å². The van der Waals surface area contributed by atoms with Crippen molar-refractivity contribution in [2.45, 2.75) is 11.8 Å². The van der Waals surface area contributed by atoms with Crippen LogP contribution in [0.2, 0.25) is 5.02 Å². The first-order valence-electron chi connectivity index (χ1n) is 9.10. The Morgan fingerprint density at radius 3 is 3.00 bits per heavy atom. The van der Waals surface area contributed by atoms with Crippen molar-refractivity contribution in [1.29, 1.82) is 0 Å². The van der Waals surface area contributed by atoms with E-state index in [4.69, 9.17) is 11.6 Å². The number of pyridine rings is 1. The number of thioether (sulfide) groups is 1. The Bertz CT molecular complexity index is 1010. The number of carbonyl (C=O) groups excluding carboxylic acids is 1. The molecule has 0 aliphatic carbocycles. The molecule has 2 N–H and O–H groups in total. The SMILES string of the molecule is O=C1CSC(c2cccc(O)c2)N1CCCNc1ccnc2cc(Cl)ccc12. The molecule has 0 radical (unpaired) electrons. The largest absolute Gasteiger partial charge is 0.508 e. The first-order valence-corrected chi connectivity index (χ1v) is 10.5. The number of nitrogens with one attached hydrogen (secondary N) is 1. The van der Waals surface area contributed by atoms with Crippen LogP contribution in [0.1, 0.15) is 17.4 Å². The Hall–Kier alpha value is -2.44. The maximum Gasteiger partial charge on any atom is 0.233 e. The van der Waals surface area contributed by atoms with Crippen LogP contribution in [0.3, 0.4) is 0 Å². The molecule has 5 nitrogen and oxygen atoms in total. The normalized spacial score (nSPS) is 16.7. The van der Waals surface area contributed by atoms with Crippen LogP contribution in [0.4, 0.5) is 5.69 Å². The minimum absolute atomic E-state index is 0.0384. The molecule has 144 valence electrons. The number of rotatable bonds is 6. The highest BCUT2D eigenvalue weighted by Gasteiger charge is 2.32. The van der Waals surface area contributed by atoms with Gasteiger partial charge in [0, 0.05) is 35.4 Å². The fourth-order valence-electron chi connectivity index (χ4n) is 3.40. The zero-order valence-electron chi connectivity index (χ0n) is 15.1. The predicted molar refractivity (Wildman–Crippen MR) is 115 cm³/mol. The van der Waals surface area contributed by atoms with Gasteiger partial charge in [0.1, 0.15) is 11.1 Å². The molecule has 0 spiro atoms. The van der Waals surface area contributed by atoms with Crippen LogP contribution < -0.4 is 5.32 Å². The van der Waals surface area contributed by atoms with Gasteiger partial charge in [-0.1, -0.05) is 23.7 Å². The predicted octanol–water partition coefficient (Wildman–Crippen LogP) is 4.67. The number of amides is 1. The van der Waals surface area contributed by atoms with Gasteiger partial charge >= 0.3 is 0 Å². The number of phenols is 1. The summed E-state index contributed by atoms with van der Waals surface area (Å²) in [6.45, 7) is 1.40. The number of phenolic OH excluding ortho intramolecular Hbond substituents is 1. The Kier molecular flexibility index (Phi) is 5.59. The number of hydrogen-bond donors (Lipinski definition) is 2. The van der Waals surface area contributed by atoms with Gasteiger partial charge in [0.2, 0.25) is 5.91 Å². The van der Waals surface area contributed by atoms with E-state index in [1.807, 2.05) is 41.3 Å². The highest BCUT2D eigenvalue weighted by Crippen LogP contribution is 2.39. The number of benzene rings is 2. The lowest BCUT2D eigenvalue weighted by atomic mass is 10.2. The molecule has 4 rings (SSSR count). The molecule has 28 heavy (non-hydrogen) atoms. The standard InChI is InChI=1S/C21H20ClN3O2S/c22-15-5-6-17-18(7-9-24-19(17)12-15)23-8-2-10-25-20(27)13-28-21(25)14-3-1-4-16(26)11-14/h1,3-7,9,11-12,21,26H,2,8,10,13H2,(H,23,24). The summed E-state index contributed by atoms with van der Waals surface area (Å²) >= 11 is 7.64. The van der Waals surface area contributed by atoms with Crippen molar-refractivity contribution in [1.82, 2.24) is 9.88 Å². The van der Waals surface area contributed by atoms with E-state index in [1.165, 1.54) is 0 Å². The van der Waals surface area contributed by atoms with Crippen LogP contribution in [0.5, 0.6) is 5.75 Å². The molecule has 2 aromatic carbocycles. The number of halogens is 1. The van der Waals surface area contributed by atoms with E-state index in [-0.39, 0.29) is 17.0 Å². The van der Waals surface area contributed by atoms with Crippen LogP contribution in [0.15, 0.2) is 54.7 Å². The van der Waals surface area contributed by atoms with Gasteiger partial charge in [0.15, 0.2) is 0 Å². The summed E-state index contributed by atoms with van der Waals surface area (Å²) < 4.78 is 0. The summed E-state index contributed by atoms with van der Waals surface area (Å²) in [6.07, 6.45) is 2.58. The Balaban J connectivity index is 1.39. The second-order valence-corrected chi connectivity index (χ2v) is 8.15. The lowest BCUT2D eigenvalue weighted by Crippen LogP contribution is -2.30. The lowest BCUT2D eigenvalue weighted by Gasteiger charge is -2.24. The second kappa shape index (κ2) is 8.29. The fourth-order valence-corrected chi connectivity index (χ4v) is 4.77. The summed E-state index contributed by atoms with van der Waals surface area (Å²) in [5, 5.41) is 14.8. The molecule has 1 fully saturated rings. The summed E-state index contributed by atoms with van der Waals surface area (Å²) in [4.78, 5) is 18.6. The van der Waals surface area contributed by atoms with E-state index in [0.29, 0.717) is 17.3 Å². The molecule has 0 saturated carbocycles. The van der Waals surface area contributed by atoms with Gasteiger partial charge in [-0.2, -0.15) is 0 Å². The van der Waals surface area contributed by atoms with Gasteiger partial charge in [-0.25, -0.2) is 0 Å². The van der Waals surface area contributed by atoms with E-state index >= 15 is 0 Å². The summed E-state index contributed by atoms with van der Waals surface area (Å²) in [6, 6.07) is 14.8. The molecular weight excluding hydrogens is 394 g/mol. The Morgan fingerprint density at radius 1 is 1.25 bits per heavy atom. The number of aromatic nitrogens is 1. The van der Waals surface area contributed by atoms with Crippen molar-refractivity contribution in [3.63, 3.8) is 0 Å². The number of fused-ring (bicyclic) bond motifs is 1. The van der Waals surface area contributed by atoms with Crippen LogP contribution >= 0.6 is 23.4 Å². The summed E-state index contributed by atoms with van der Waals surface area (Å²) in [5.74, 6) is 0.842. The minimum Gasteiger partial charge on any atom is -0.508 e. The Labute approximate surface area is 172 Å². The van der Waals surface area contributed by atoms with Crippen LogP contribution in [-0.2, 0) is 4.79 Å². The highest BCUT2D eigenvalue weighted by molar-refractivity contribution is 8.00. The van der Waals surface area contributed by atoms with Crippen molar-refractivity contribution in [3.05, 3.63) is 65.3 Å². The molecule has 1 aliphatic rings. The van der Waals surface area contributed by atoms with Gasteiger partial charge in [-0.15, -0.1) is 11.8 Å². The third-order valence-electron chi connectivity index (χ3n) is 4.72. The molecule has 1 saturated heterocycles. The molecule has 1 unspecified atom stereocenters. The van der Waals surface area contributed by atoms with E-state index in [2.05, 4.69) is 10.3 Å². The smallest absolute Gasteiger partial charge is 0.233 e. The molecule has 1 aliphatic heterocycles. The molecule has 0 bridgehead atoms. The number of aromatic hydroxyl groups is 1. The van der Waals surface area contributed by atoms with Crippen LogP contribution in [-0.4, -0.2) is 39.7 Å². The molecule has 3 aromatic rings. The zero-order valence-corrected chi connectivity index (χ0v) is 16.7. The molecule has 2 heterocycles. The van der Waals surface area contributed by atoms with E-state index in [1.54, 1.807) is 30.1 Å². The quantitative estimate of drug-likeness (QED) is 0.575. The Morgan fingerprint density at radius 2 is 2.14 bits per heavy atom. The van der Waals surface area contributed by atoms with Gasteiger partial charge in [0.25, 0.3) is 0 Å². The maximum absolute atomic E-state index is 12.3. The zero-order chi connectivity index (χ0) is 19.5. The van der Waals surface area contributed by atoms with Crippen molar-refractivity contribution in [2.75, 3.05) is 24.2 Å². The van der Waals surface area contributed by atoms with Crippen molar-refractivity contribution >= 4 is 45.9 Å². The maximum atomic E-state index is 12.3. The van der Waals surface area contributed by atoms with E-state index in [9.17, 15) is 9.90 Å². The van der Waals surface area contributed by atoms with Gasteiger partial charge < -0.3 is 15.3 Å². The van der Waals surface area contributed by atoms with Gasteiger partial charge in [-0.3, -0.25) is 9.78 Å². The third-order valence-corrected chi connectivity index (χ3v) is 6.21. The van der Waals surface area contributed by atoms with Crippen LogP contribution in [0, 0.1) is 0 Å². The van der Waals surface area contributed by atoms with Gasteiger partial charge in [-0.05, 0) is 48.4 Å². The average molecular weight is 414 g/mol. The first-order chi connectivity index (χ1) is 13.6. The van der Waals surface area contributed by atoms with E-state index < -0.39 is 0 Å². The van der Waals surface area contributed by atoms with Crippen LogP contribution in [0.25, 0.3) is 10.9 Å². The summed E-state index contributed by atoms with van der Waals surface area (Å²) in [5.41, 5.74) is 2.82. The van der Waals surface area contributed by atoms with Crippen molar-refractivity contribution in [2.24, 2.45) is 0 Å². The van der Waals surface area contributed by atoms with E-state index in [0.717, 1.165) is 35.1 Å². The number of carbonyl (C=O) groups is 1. The lowest BCUT2D eigenvalue weighted by molar-refractivity contribution is -0.128. The topological polar surface area (TPSA) is 65.5 Å². The molecule has 7 heteroatoms. The summed E-state index contributed by atoms with van der Waals surface area (Å²) in [7, 11) is 0. The second-order valence-electron chi connectivity index (χ2n) is 6.65. The highest BCUT2D eigenvalue weighted by atomic mass is 35.5. The number of nitrogens with zero attached hydrogens (tertiary/aromatic N) is 2. The van der Waals surface area contributed by atoms with Crippen molar-refractivity contribution in [3.8, 4) is 5.75 Å². The first kappa shape index (κ1) is 18.9.